The molecule has 0 aliphatic heterocycles. The highest BCUT2D eigenvalue weighted by atomic mass is 16.6. The number of hydrogen-bond donors (Lipinski definition) is 2. The van der Waals surface area contributed by atoms with Crippen LogP contribution in [0.25, 0.3) is 12.2 Å². The van der Waals surface area contributed by atoms with E-state index in [0.29, 0.717) is 0 Å². The van der Waals surface area contributed by atoms with Crippen LogP contribution in [0.15, 0.2) is 29.1 Å². The van der Waals surface area contributed by atoms with Crippen LogP contribution in [0.1, 0.15) is 11.4 Å². The fourth-order valence-corrected chi connectivity index (χ4v) is 1.77. The fraction of sp³-hybridized carbons (Fsp3) is 0.143. The first kappa shape index (κ1) is 15.2. The van der Waals surface area contributed by atoms with Crippen LogP contribution >= 0.6 is 0 Å². The molecule has 1 heterocycles. The van der Waals surface area contributed by atoms with Gasteiger partial charge in [-0.15, -0.1) is 0 Å². The van der Waals surface area contributed by atoms with Crippen molar-refractivity contribution in [3.8, 4) is 5.88 Å². The van der Waals surface area contributed by atoms with Crippen molar-refractivity contribution >= 4 is 23.5 Å². The average Bonchev–Trinajstić information content (AvgIpc) is 2.44. The summed E-state index contributed by atoms with van der Waals surface area (Å²) in [6.07, 6.45) is 3.12. The van der Waals surface area contributed by atoms with E-state index in [9.17, 15) is 20.0 Å². The Kier molecular flexibility index (Phi) is 4.21. The molecule has 0 aliphatic rings. The van der Waals surface area contributed by atoms with Gasteiger partial charge in [0.1, 0.15) is 5.82 Å². The van der Waals surface area contributed by atoms with E-state index in [-0.39, 0.29) is 5.82 Å². The van der Waals surface area contributed by atoms with Crippen molar-refractivity contribution in [2.45, 2.75) is 0 Å². The molecule has 2 N–H and O–H groups in total. The van der Waals surface area contributed by atoms with E-state index in [2.05, 4.69) is 9.97 Å². The first-order chi connectivity index (χ1) is 10.4. The number of H-pyrrole nitrogens is 1. The van der Waals surface area contributed by atoms with Crippen molar-refractivity contribution in [2.75, 3.05) is 19.0 Å². The molecule has 0 saturated carbocycles. The lowest BCUT2D eigenvalue weighted by Gasteiger charge is -2.11. The predicted octanol–water partition coefficient (Wildman–Crippen LogP) is 1.62. The van der Waals surface area contributed by atoms with Crippen molar-refractivity contribution in [3.05, 3.63) is 56.1 Å². The lowest BCUT2D eigenvalue weighted by Crippen LogP contribution is -2.14. The van der Waals surface area contributed by atoms with Crippen LogP contribution in [0.3, 0.4) is 0 Å². The standard InChI is InChI=1S/C14H14N4O4/c1-17(2)10-6-3-9(4-7-10)5-8-11-15-13(19)12(18(21)22)14(20)16-11/h3-8H,1-2H3,(H2,15,16,19,20)/b8-5+. The van der Waals surface area contributed by atoms with Crippen molar-refractivity contribution in [2.24, 2.45) is 0 Å². The van der Waals surface area contributed by atoms with Gasteiger partial charge in [-0.05, 0) is 23.8 Å². The van der Waals surface area contributed by atoms with Gasteiger partial charge in [0.25, 0.3) is 5.88 Å². The third-order valence-corrected chi connectivity index (χ3v) is 2.92. The van der Waals surface area contributed by atoms with E-state index >= 15 is 0 Å². The van der Waals surface area contributed by atoms with Crippen molar-refractivity contribution in [3.63, 3.8) is 0 Å². The number of aromatic amines is 1. The van der Waals surface area contributed by atoms with Gasteiger partial charge >= 0.3 is 11.2 Å². The van der Waals surface area contributed by atoms with Crippen LogP contribution in [-0.4, -0.2) is 34.1 Å². The lowest BCUT2D eigenvalue weighted by molar-refractivity contribution is -0.387. The molecule has 0 spiro atoms. The molecule has 0 amide bonds. The minimum atomic E-state index is -1.000. The Morgan fingerprint density at radius 3 is 2.41 bits per heavy atom. The lowest BCUT2D eigenvalue weighted by atomic mass is 10.2. The number of aromatic nitrogens is 2. The van der Waals surface area contributed by atoms with E-state index in [1.54, 1.807) is 6.08 Å². The second-order valence-electron chi connectivity index (χ2n) is 4.70. The number of rotatable bonds is 4. The number of anilines is 1. The minimum Gasteiger partial charge on any atom is -0.488 e. The van der Waals surface area contributed by atoms with E-state index < -0.39 is 22.0 Å². The monoisotopic (exact) mass is 302 g/mol. The number of nitrogens with zero attached hydrogens (tertiary/aromatic N) is 3. The number of benzene rings is 1. The maximum atomic E-state index is 11.5. The summed E-state index contributed by atoms with van der Waals surface area (Å²) in [5.74, 6) is -0.874. The van der Waals surface area contributed by atoms with Crippen molar-refractivity contribution < 1.29 is 10.0 Å². The van der Waals surface area contributed by atoms with Gasteiger partial charge in [-0.25, -0.2) is 0 Å². The molecule has 0 aliphatic carbocycles. The maximum absolute atomic E-state index is 11.5. The summed E-state index contributed by atoms with van der Waals surface area (Å²) >= 11 is 0. The van der Waals surface area contributed by atoms with Crippen LogP contribution < -0.4 is 10.5 Å². The quantitative estimate of drug-likeness (QED) is 0.655. The molecule has 0 bridgehead atoms. The molecule has 0 radical (unpaired) electrons. The van der Waals surface area contributed by atoms with E-state index in [4.69, 9.17) is 0 Å². The number of nitrogens with one attached hydrogen (secondary N) is 1. The van der Waals surface area contributed by atoms with E-state index in [1.165, 1.54) is 6.08 Å². The Bertz CT molecular complexity index is 778. The third-order valence-electron chi connectivity index (χ3n) is 2.92. The molecule has 0 unspecified atom stereocenters. The normalized spacial score (nSPS) is 10.8. The molecule has 8 heteroatoms. The third kappa shape index (κ3) is 3.29. The predicted molar refractivity (Wildman–Crippen MR) is 82.9 cm³/mol. The zero-order valence-electron chi connectivity index (χ0n) is 12.0. The van der Waals surface area contributed by atoms with Gasteiger partial charge < -0.3 is 15.0 Å². The summed E-state index contributed by atoms with van der Waals surface area (Å²) in [6.45, 7) is 0. The molecule has 0 atom stereocenters. The fourth-order valence-electron chi connectivity index (χ4n) is 1.77. The van der Waals surface area contributed by atoms with Crippen molar-refractivity contribution in [1.82, 2.24) is 9.97 Å². The molecular formula is C14H14N4O4. The first-order valence-electron chi connectivity index (χ1n) is 6.31. The topological polar surface area (TPSA) is 112 Å². The smallest absolute Gasteiger partial charge is 0.395 e. The average molecular weight is 302 g/mol. The highest BCUT2D eigenvalue weighted by molar-refractivity contribution is 5.68. The molecular weight excluding hydrogens is 288 g/mol. The zero-order chi connectivity index (χ0) is 16.3. The number of nitro groups is 1. The molecule has 114 valence electrons. The largest absolute Gasteiger partial charge is 0.488 e. The summed E-state index contributed by atoms with van der Waals surface area (Å²) in [4.78, 5) is 28.9. The molecule has 22 heavy (non-hydrogen) atoms. The summed E-state index contributed by atoms with van der Waals surface area (Å²) in [5, 5.41) is 20.0. The second-order valence-corrected chi connectivity index (χ2v) is 4.70. The maximum Gasteiger partial charge on any atom is 0.395 e. The second kappa shape index (κ2) is 6.08. The Hall–Kier alpha value is -3.16. The Labute approximate surface area is 125 Å². The van der Waals surface area contributed by atoms with Crippen LogP contribution in [0.5, 0.6) is 5.88 Å². The number of aromatic hydroxyl groups is 1. The molecule has 0 saturated heterocycles. The molecule has 1 aromatic heterocycles. The van der Waals surface area contributed by atoms with E-state index in [1.807, 2.05) is 43.3 Å². The Morgan fingerprint density at radius 2 is 1.91 bits per heavy atom. The molecule has 2 rings (SSSR count). The Morgan fingerprint density at radius 1 is 1.27 bits per heavy atom. The van der Waals surface area contributed by atoms with Crippen molar-refractivity contribution in [1.29, 1.82) is 0 Å². The molecule has 0 fully saturated rings. The Balaban J connectivity index is 2.27. The van der Waals surface area contributed by atoms with Gasteiger partial charge in [-0.3, -0.25) is 14.9 Å². The van der Waals surface area contributed by atoms with Gasteiger partial charge in [0, 0.05) is 19.8 Å². The van der Waals surface area contributed by atoms with Gasteiger partial charge in [-0.2, -0.15) is 4.98 Å². The van der Waals surface area contributed by atoms with Gasteiger partial charge in [0.2, 0.25) is 0 Å². The highest BCUT2D eigenvalue weighted by Gasteiger charge is 2.21. The van der Waals surface area contributed by atoms with Crippen LogP contribution in [0, 0.1) is 10.1 Å². The van der Waals surface area contributed by atoms with E-state index in [0.717, 1.165) is 11.3 Å². The van der Waals surface area contributed by atoms with Gasteiger partial charge in [0.15, 0.2) is 0 Å². The minimum absolute atomic E-state index is 0.0322. The molecule has 1 aromatic carbocycles. The van der Waals surface area contributed by atoms with Crippen LogP contribution in [0.2, 0.25) is 0 Å². The molecule has 8 nitrogen and oxygen atoms in total. The van der Waals surface area contributed by atoms with Crippen LogP contribution in [0.4, 0.5) is 11.4 Å². The zero-order valence-corrected chi connectivity index (χ0v) is 12.0. The summed E-state index contributed by atoms with van der Waals surface area (Å²) in [6, 6.07) is 7.58. The first-order valence-corrected chi connectivity index (χ1v) is 6.31. The van der Waals surface area contributed by atoms with Gasteiger partial charge in [0.05, 0.1) is 4.92 Å². The number of hydrogen-bond acceptors (Lipinski definition) is 6. The van der Waals surface area contributed by atoms with Crippen LogP contribution in [-0.2, 0) is 0 Å². The van der Waals surface area contributed by atoms with Gasteiger partial charge in [-0.1, -0.05) is 18.2 Å². The summed E-state index contributed by atoms with van der Waals surface area (Å²) < 4.78 is 0. The molecule has 2 aromatic rings. The highest BCUT2D eigenvalue weighted by Crippen LogP contribution is 2.18. The summed E-state index contributed by atoms with van der Waals surface area (Å²) in [7, 11) is 3.86. The summed E-state index contributed by atoms with van der Waals surface area (Å²) in [5.41, 5.74) is -0.0738. The SMILES string of the molecule is CN(C)c1ccc(/C=C/c2nc(O)c([N+](=O)[O-])c(=O)[nH]2)cc1.